The van der Waals surface area contributed by atoms with E-state index in [4.69, 9.17) is 0 Å². The van der Waals surface area contributed by atoms with E-state index >= 15 is 0 Å². The maximum atomic E-state index is 4.34. The average Bonchev–Trinajstić information content (AvgIpc) is 3.34. The van der Waals surface area contributed by atoms with Crippen LogP contribution in [0.5, 0.6) is 0 Å². The highest BCUT2D eigenvalue weighted by Crippen LogP contribution is 2.28. The van der Waals surface area contributed by atoms with E-state index in [9.17, 15) is 0 Å². The van der Waals surface area contributed by atoms with Crippen LogP contribution in [-0.4, -0.2) is 16.5 Å². The highest BCUT2D eigenvalue weighted by molar-refractivity contribution is 5.83. The van der Waals surface area contributed by atoms with Gasteiger partial charge in [0.05, 0.1) is 0 Å². The molecule has 0 atom stereocenters. The van der Waals surface area contributed by atoms with Crippen molar-refractivity contribution in [2.45, 2.75) is 52.9 Å². The summed E-state index contributed by atoms with van der Waals surface area (Å²) in [6, 6.07) is 12.7. The lowest BCUT2D eigenvalue weighted by Gasteiger charge is -2.13. The minimum atomic E-state index is 0.766. The lowest BCUT2D eigenvalue weighted by molar-refractivity contribution is 1.06. The molecule has 4 heteroatoms. The summed E-state index contributed by atoms with van der Waals surface area (Å²) in [5.41, 5.74) is 15.1. The van der Waals surface area contributed by atoms with Gasteiger partial charge in [-0.15, -0.1) is 12.3 Å². The van der Waals surface area contributed by atoms with Crippen molar-refractivity contribution in [1.29, 1.82) is 0 Å². The molecule has 4 rings (SSSR count). The molecule has 0 unspecified atom stereocenters. The Morgan fingerprint density at radius 1 is 0.875 bits per heavy atom. The smallest absolute Gasteiger partial charge is 0.0494 e. The molecule has 0 spiro atoms. The van der Waals surface area contributed by atoms with Crippen LogP contribution in [0.25, 0.3) is 11.6 Å². The van der Waals surface area contributed by atoms with Crippen LogP contribution in [0.2, 0.25) is 0 Å². The number of nitrogens with one attached hydrogen (secondary N) is 2. The number of nitrogens with zero attached hydrogens (tertiary/aromatic N) is 2. The van der Waals surface area contributed by atoms with Crippen molar-refractivity contribution < 1.29 is 0 Å². The van der Waals surface area contributed by atoms with Gasteiger partial charge in [-0.05, 0) is 99.1 Å². The number of anilines is 3. The lowest BCUT2D eigenvalue weighted by Crippen LogP contribution is -2.00. The molecule has 2 N–H and O–H groups in total. The first kappa shape index (κ1) is 35.4. The molecule has 4 nitrogen and oxygen atoms in total. The van der Waals surface area contributed by atoms with E-state index in [2.05, 4.69) is 131 Å². The zero-order valence-corrected chi connectivity index (χ0v) is 28.6. The Morgan fingerprint density at radius 2 is 1.69 bits per heavy atom. The van der Waals surface area contributed by atoms with Crippen LogP contribution in [0, 0.1) is 0 Å². The maximum Gasteiger partial charge on any atom is 0.0494 e. The first-order valence-corrected chi connectivity index (χ1v) is 16.8. The predicted octanol–water partition coefficient (Wildman–Crippen LogP) is 11.7. The molecule has 48 heavy (non-hydrogen) atoms. The lowest BCUT2D eigenvalue weighted by atomic mass is 10.0. The van der Waals surface area contributed by atoms with Crippen LogP contribution in [0.3, 0.4) is 0 Å². The van der Waals surface area contributed by atoms with Crippen molar-refractivity contribution in [3.05, 3.63) is 180 Å². The van der Waals surface area contributed by atoms with E-state index < -0.39 is 0 Å². The Bertz CT molecular complexity index is 1790. The number of rotatable bonds is 17. The Labute approximate surface area is 287 Å². The number of pyridine rings is 2. The predicted molar refractivity (Wildman–Crippen MR) is 208 cm³/mol. The van der Waals surface area contributed by atoms with Gasteiger partial charge >= 0.3 is 0 Å². The Hall–Kier alpha value is -5.44. The van der Waals surface area contributed by atoms with Crippen LogP contribution in [0.4, 0.5) is 17.1 Å². The van der Waals surface area contributed by atoms with Crippen molar-refractivity contribution in [3.8, 4) is 0 Å². The van der Waals surface area contributed by atoms with Gasteiger partial charge in [0.15, 0.2) is 0 Å². The molecule has 1 aromatic carbocycles. The van der Waals surface area contributed by atoms with Gasteiger partial charge in [0.2, 0.25) is 0 Å². The first-order valence-electron chi connectivity index (χ1n) is 16.8. The maximum absolute atomic E-state index is 4.34. The largest absolute Gasteiger partial charge is 0.381 e. The molecule has 1 aliphatic rings. The van der Waals surface area contributed by atoms with Gasteiger partial charge in [-0.25, -0.2) is 0 Å². The van der Waals surface area contributed by atoms with E-state index in [1.807, 2.05) is 62.9 Å². The van der Waals surface area contributed by atoms with E-state index in [0.717, 1.165) is 72.4 Å². The highest BCUT2D eigenvalue weighted by atomic mass is 14.9. The van der Waals surface area contributed by atoms with Crippen LogP contribution < -0.4 is 10.6 Å². The summed E-state index contributed by atoms with van der Waals surface area (Å²) in [6.07, 6.45) is 39.9. The van der Waals surface area contributed by atoms with E-state index in [0.29, 0.717) is 0 Å². The third kappa shape index (κ3) is 11.4. The number of unbranched alkanes of at least 4 members (excludes halogenated alkanes) is 1. The van der Waals surface area contributed by atoms with Gasteiger partial charge in [0, 0.05) is 65.9 Å². The molecule has 244 valence electrons. The topological polar surface area (TPSA) is 49.8 Å². The van der Waals surface area contributed by atoms with Gasteiger partial charge in [0.1, 0.15) is 0 Å². The van der Waals surface area contributed by atoms with E-state index in [-0.39, 0.29) is 0 Å². The van der Waals surface area contributed by atoms with Crippen LogP contribution >= 0.6 is 0 Å². The van der Waals surface area contributed by atoms with Crippen LogP contribution in [0.1, 0.15) is 63.1 Å². The molecule has 0 radical (unpaired) electrons. The monoisotopic (exact) mass is 632 g/mol. The SMILES string of the molecule is C=CCC/C=C/c1cnccc1NC/C=C\C/C(=C\C)CC1=CC=C=C(Cc2ccc(Nc3ccncc3C(/C=C\C)=C/C)cc2)C=C1. The van der Waals surface area contributed by atoms with Gasteiger partial charge in [-0.2, -0.15) is 0 Å². The summed E-state index contributed by atoms with van der Waals surface area (Å²) in [6.45, 7) is 10.8. The molecular formula is C44H48N4. The van der Waals surface area contributed by atoms with Crippen LogP contribution in [0.15, 0.2) is 163 Å². The van der Waals surface area contributed by atoms with Gasteiger partial charge in [-0.3, -0.25) is 9.97 Å². The number of hydrogen-bond acceptors (Lipinski definition) is 4. The summed E-state index contributed by atoms with van der Waals surface area (Å²) >= 11 is 0. The minimum Gasteiger partial charge on any atom is -0.381 e. The Balaban J connectivity index is 1.26. The molecule has 2 aromatic heterocycles. The van der Waals surface area contributed by atoms with Gasteiger partial charge < -0.3 is 10.6 Å². The molecule has 0 bridgehead atoms. The van der Waals surface area contributed by atoms with Crippen molar-refractivity contribution in [3.63, 3.8) is 0 Å². The van der Waals surface area contributed by atoms with Crippen molar-refractivity contribution >= 4 is 28.7 Å². The zero-order valence-electron chi connectivity index (χ0n) is 28.6. The fourth-order valence-corrected chi connectivity index (χ4v) is 5.30. The average molecular weight is 633 g/mol. The van der Waals surface area contributed by atoms with E-state index in [1.165, 1.54) is 22.3 Å². The number of benzene rings is 1. The van der Waals surface area contributed by atoms with Gasteiger partial charge in [0.25, 0.3) is 0 Å². The normalized spacial score (nSPS) is 13.6. The van der Waals surface area contributed by atoms with Crippen molar-refractivity contribution in [2.24, 2.45) is 0 Å². The quantitative estimate of drug-likeness (QED) is 0.0673. The standard InChI is InChI=1S/C44H48N4/c1-5-9-10-11-19-40-33-45-29-26-43(40)47-28-13-12-16-35(7-3)31-36-17-14-18-37(21-20-36)32-38-22-24-41(25-23-38)48-44-27-30-46-34-42(44)39(8-4)15-6-2/h5-8,11-15,17,19-27,29-30,33-34H,1,9-10,16,28,31-32H2,2-4H3,(H,45,47)(H,46,48)/b13-12-,15-6-,19-11+,35-7+,39-8+. The highest BCUT2D eigenvalue weighted by Gasteiger charge is 2.07. The molecule has 0 amide bonds. The van der Waals surface area contributed by atoms with Gasteiger partial charge in [-0.1, -0.05) is 90.6 Å². The second-order valence-corrected chi connectivity index (χ2v) is 11.5. The number of hydrogen-bond donors (Lipinski definition) is 2. The second-order valence-electron chi connectivity index (χ2n) is 11.5. The number of allylic oxidation sites excluding steroid dienone is 14. The molecular weight excluding hydrogens is 585 g/mol. The fourth-order valence-electron chi connectivity index (χ4n) is 5.30. The molecule has 2 heterocycles. The fraction of sp³-hybridized carbons (Fsp3) is 0.205. The number of aromatic nitrogens is 2. The van der Waals surface area contributed by atoms with Crippen molar-refractivity contribution in [1.82, 2.24) is 9.97 Å². The second kappa shape index (κ2) is 19.9. The Morgan fingerprint density at radius 3 is 2.46 bits per heavy atom. The molecule has 0 saturated carbocycles. The molecule has 0 fully saturated rings. The summed E-state index contributed by atoms with van der Waals surface area (Å²) in [5, 5.41) is 7.09. The summed E-state index contributed by atoms with van der Waals surface area (Å²) in [7, 11) is 0. The third-order valence-corrected chi connectivity index (χ3v) is 7.96. The summed E-state index contributed by atoms with van der Waals surface area (Å²) in [4.78, 5) is 8.62. The van der Waals surface area contributed by atoms with Crippen molar-refractivity contribution in [2.75, 3.05) is 17.2 Å². The summed E-state index contributed by atoms with van der Waals surface area (Å²) in [5.74, 6) is 0. The summed E-state index contributed by atoms with van der Waals surface area (Å²) < 4.78 is 0. The molecule has 3 aromatic rings. The molecule has 0 aliphatic heterocycles. The minimum absolute atomic E-state index is 0.766. The molecule has 0 saturated heterocycles. The van der Waals surface area contributed by atoms with E-state index in [1.54, 1.807) is 0 Å². The first-order chi connectivity index (χ1) is 23.6. The Kier molecular flexibility index (Phi) is 14.7. The third-order valence-electron chi connectivity index (χ3n) is 7.96. The molecule has 1 aliphatic carbocycles. The van der Waals surface area contributed by atoms with Crippen LogP contribution in [-0.2, 0) is 6.42 Å². The zero-order chi connectivity index (χ0) is 33.8.